The highest BCUT2D eigenvalue weighted by Crippen LogP contribution is 2.02. The average Bonchev–Trinajstić information content (AvgIpc) is 2.57. The summed E-state index contributed by atoms with van der Waals surface area (Å²) in [6.07, 6.45) is 26.9. The molecule has 0 aromatic carbocycles. The van der Waals surface area contributed by atoms with E-state index in [9.17, 15) is 4.79 Å². The number of unbranched alkanes of at least 4 members (excludes halogenated alkanes) is 2. The van der Waals surface area contributed by atoms with Crippen molar-refractivity contribution in [2.45, 2.75) is 65.2 Å². The third-order valence-corrected chi connectivity index (χ3v) is 3.33. The van der Waals surface area contributed by atoms with Gasteiger partial charge in [0.25, 0.3) is 0 Å². The molecule has 0 saturated heterocycles. The number of aliphatic carboxylic acids is 1. The molecule has 0 spiro atoms. The maximum Gasteiger partial charge on any atom is 0.339 e. The number of hydrogen-bond donors (Lipinski definition) is 1. The molecule has 2 heteroatoms. The van der Waals surface area contributed by atoms with Crippen molar-refractivity contribution in [2.24, 2.45) is 0 Å². The lowest BCUT2D eigenvalue weighted by Gasteiger charge is -1.91. The van der Waals surface area contributed by atoms with Crippen LogP contribution in [0.2, 0.25) is 0 Å². The van der Waals surface area contributed by atoms with Crippen LogP contribution in [0.15, 0.2) is 66.0 Å². The minimum Gasteiger partial charge on any atom is -0.477 e. The van der Waals surface area contributed by atoms with Gasteiger partial charge in [-0.3, -0.25) is 0 Å². The third-order valence-electron chi connectivity index (χ3n) is 3.33. The Morgan fingerprint density at radius 1 is 0.833 bits per heavy atom. The largest absolute Gasteiger partial charge is 0.477 e. The first-order chi connectivity index (χ1) is 11.7. The van der Waals surface area contributed by atoms with Gasteiger partial charge in [0.15, 0.2) is 0 Å². The fourth-order valence-electron chi connectivity index (χ4n) is 1.95. The summed E-state index contributed by atoms with van der Waals surface area (Å²) in [5.41, 5.74) is 3.21. The van der Waals surface area contributed by atoms with E-state index in [1.165, 1.54) is 0 Å². The molecule has 0 rings (SSSR count). The van der Waals surface area contributed by atoms with Crippen LogP contribution in [0.5, 0.6) is 0 Å². The molecule has 132 valence electrons. The Morgan fingerprint density at radius 2 is 1.38 bits per heavy atom. The molecule has 0 atom stereocenters. The Morgan fingerprint density at radius 3 is 1.88 bits per heavy atom. The summed E-state index contributed by atoms with van der Waals surface area (Å²) < 4.78 is 0. The summed E-state index contributed by atoms with van der Waals surface area (Å²) in [4.78, 5) is 10.8. The third kappa shape index (κ3) is 14.9. The van der Waals surface area contributed by atoms with E-state index >= 15 is 0 Å². The number of allylic oxidation sites excluding steroid dienone is 8. The Kier molecular flexibility index (Phi) is 15.8. The van der Waals surface area contributed by atoms with E-state index in [1.807, 2.05) is 13.0 Å². The van der Waals surface area contributed by atoms with Gasteiger partial charge in [-0.25, -0.2) is 4.79 Å². The van der Waals surface area contributed by atoms with Gasteiger partial charge < -0.3 is 5.11 Å². The summed E-state index contributed by atoms with van der Waals surface area (Å²) >= 11 is 0. The SMILES string of the molecule is CC/C=C\C/C=C\C/C=C\C/C=C\CCCC=C=C(CC)C(=O)O. The smallest absolute Gasteiger partial charge is 0.339 e. The van der Waals surface area contributed by atoms with Crippen LogP contribution in [0, 0.1) is 0 Å². The van der Waals surface area contributed by atoms with Gasteiger partial charge in [-0.15, -0.1) is 5.73 Å². The molecule has 0 aliphatic heterocycles. The topological polar surface area (TPSA) is 37.3 Å². The molecule has 0 aromatic heterocycles. The first-order valence-electron chi connectivity index (χ1n) is 8.99. The van der Waals surface area contributed by atoms with E-state index in [0.29, 0.717) is 12.0 Å². The lowest BCUT2D eigenvalue weighted by Crippen LogP contribution is -1.96. The Hall–Kier alpha value is -2.05. The molecule has 0 fully saturated rings. The molecule has 0 radical (unpaired) electrons. The predicted octanol–water partition coefficient (Wildman–Crippen LogP) is 6.54. The maximum atomic E-state index is 10.8. The fourth-order valence-corrected chi connectivity index (χ4v) is 1.95. The summed E-state index contributed by atoms with van der Waals surface area (Å²) in [5, 5.41) is 8.85. The van der Waals surface area contributed by atoms with Crippen LogP contribution >= 0.6 is 0 Å². The van der Waals surface area contributed by atoms with Crippen LogP contribution < -0.4 is 0 Å². The Labute approximate surface area is 147 Å². The van der Waals surface area contributed by atoms with Crippen molar-refractivity contribution in [3.63, 3.8) is 0 Å². The second kappa shape index (κ2) is 17.3. The molecule has 0 heterocycles. The molecule has 0 aliphatic carbocycles. The van der Waals surface area contributed by atoms with E-state index in [1.54, 1.807) is 0 Å². The number of hydrogen-bond acceptors (Lipinski definition) is 1. The number of carboxylic acids is 1. The van der Waals surface area contributed by atoms with E-state index in [-0.39, 0.29) is 0 Å². The Bertz CT molecular complexity index is 498. The quantitative estimate of drug-likeness (QED) is 0.180. The van der Waals surface area contributed by atoms with Crippen LogP contribution in [-0.2, 0) is 4.79 Å². The second-order valence-corrected chi connectivity index (χ2v) is 5.42. The first kappa shape index (κ1) is 21.9. The normalized spacial score (nSPS) is 11.8. The highest BCUT2D eigenvalue weighted by Gasteiger charge is 2.00. The Balaban J connectivity index is 3.69. The van der Waals surface area contributed by atoms with E-state index < -0.39 is 5.97 Å². The number of carboxylic acid groups (broad SMARTS) is 1. The zero-order valence-corrected chi connectivity index (χ0v) is 15.2. The van der Waals surface area contributed by atoms with E-state index in [0.717, 1.165) is 44.9 Å². The van der Waals surface area contributed by atoms with Crippen LogP contribution in [0.3, 0.4) is 0 Å². The minimum atomic E-state index is -0.868. The lowest BCUT2D eigenvalue weighted by atomic mass is 10.2. The van der Waals surface area contributed by atoms with Gasteiger partial charge in [-0.1, -0.05) is 62.5 Å². The van der Waals surface area contributed by atoms with Crippen molar-refractivity contribution >= 4 is 5.97 Å². The predicted molar refractivity (Wildman–Crippen MR) is 104 cm³/mol. The molecular formula is C22H32O2. The first-order valence-corrected chi connectivity index (χ1v) is 8.99. The van der Waals surface area contributed by atoms with Gasteiger partial charge in [0.1, 0.15) is 0 Å². The summed E-state index contributed by atoms with van der Waals surface area (Å²) in [5.74, 6) is -0.868. The number of rotatable bonds is 13. The van der Waals surface area contributed by atoms with Gasteiger partial charge in [0.05, 0.1) is 5.57 Å². The van der Waals surface area contributed by atoms with Crippen molar-refractivity contribution < 1.29 is 9.90 Å². The van der Waals surface area contributed by atoms with Crippen molar-refractivity contribution in [1.82, 2.24) is 0 Å². The molecule has 0 amide bonds. The molecule has 0 aromatic rings. The summed E-state index contributed by atoms with van der Waals surface area (Å²) in [7, 11) is 0. The van der Waals surface area contributed by atoms with Gasteiger partial charge in [0.2, 0.25) is 0 Å². The molecule has 24 heavy (non-hydrogen) atoms. The van der Waals surface area contributed by atoms with E-state index in [4.69, 9.17) is 5.11 Å². The highest BCUT2D eigenvalue weighted by molar-refractivity contribution is 5.86. The molecule has 0 aliphatic rings. The van der Waals surface area contributed by atoms with Crippen LogP contribution in [-0.4, -0.2) is 11.1 Å². The van der Waals surface area contributed by atoms with Crippen molar-refractivity contribution in [2.75, 3.05) is 0 Å². The van der Waals surface area contributed by atoms with Gasteiger partial charge in [-0.05, 0) is 57.4 Å². The molecule has 2 nitrogen and oxygen atoms in total. The fraction of sp³-hybridized carbons (Fsp3) is 0.455. The standard InChI is InChI=1S/C22H32O2/c1-3-5-6-7-8-9-10-11-12-13-14-15-16-17-18-19-20-21(4-2)22(23)24/h5-6,8-9,11-12,14-15,19H,3-4,7,10,13,16-18H2,1-2H3,(H,23,24)/b6-5-,9-8-,12-11-,15-14-. The summed E-state index contributed by atoms with van der Waals surface area (Å²) in [6.45, 7) is 3.98. The van der Waals surface area contributed by atoms with Gasteiger partial charge in [0, 0.05) is 0 Å². The van der Waals surface area contributed by atoms with Crippen LogP contribution in [0.1, 0.15) is 65.2 Å². The lowest BCUT2D eigenvalue weighted by molar-refractivity contribution is -0.132. The summed E-state index contributed by atoms with van der Waals surface area (Å²) in [6, 6.07) is 0. The minimum absolute atomic E-state index is 0.353. The average molecular weight is 328 g/mol. The monoisotopic (exact) mass is 328 g/mol. The van der Waals surface area contributed by atoms with Gasteiger partial charge in [-0.2, -0.15) is 0 Å². The molecule has 1 N–H and O–H groups in total. The van der Waals surface area contributed by atoms with Crippen LogP contribution in [0.4, 0.5) is 0 Å². The van der Waals surface area contributed by atoms with Crippen LogP contribution in [0.25, 0.3) is 0 Å². The zero-order valence-electron chi connectivity index (χ0n) is 15.2. The zero-order chi connectivity index (χ0) is 17.9. The van der Waals surface area contributed by atoms with E-state index in [2.05, 4.69) is 61.3 Å². The highest BCUT2D eigenvalue weighted by atomic mass is 16.4. The van der Waals surface area contributed by atoms with Crippen molar-refractivity contribution in [1.29, 1.82) is 0 Å². The molecular weight excluding hydrogens is 296 g/mol. The number of carbonyl (C=O) groups is 1. The molecule has 0 unspecified atom stereocenters. The van der Waals surface area contributed by atoms with Crippen molar-refractivity contribution in [3.05, 3.63) is 66.0 Å². The van der Waals surface area contributed by atoms with Crippen molar-refractivity contribution in [3.8, 4) is 0 Å². The maximum absolute atomic E-state index is 10.8. The second-order valence-electron chi connectivity index (χ2n) is 5.42. The van der Waals surface area contributed by atoms with Gasteiger partial charge >= 0.3 is 5.97 Å². The molecule has 0 bridgehead atoms. The molecule has 0 saturated carbocycles.